The van der Waals surface area contributed by atoms with E-state index in [2.05, 4.69) is 20.3 Å². The highest BCUT2D eigenvalue weighted by Crippen LogP contribution is 2.27. The van der Waals surface area contributed by atoms with E-state index >= 15 is 0 Å². The molecule has 0 bridgehead atoms. The summed E-state index contributed by atoms with van der Waals surface area (Å²) in [4.78, 5) is 27.7. The van der Waals surface area contributed by atoms with Crippen molar-refractivity contribution in [1.82, 2.24) is 15.2 Å². The third-order valence-electron chi connectivity index (χ3n) is 3.90. The van der Waals surface area contributed by atoms with E-state index in [-0.39, 0.29) is 11.8 Å². The average molecular weight is 321 g/mol. The van der Waals surface area contributed by atoms with Crippen LogP contribution in [0.5, 0.6) is 5.88 Å². The number of hydrogen-bond donors (Lipinski definition) is 1. The lowest BCUT2D eigenvalue weighted by Crippen LogP contribution is -2.47. The molecular weight excluding hydrogens is 306 g/mol. The number of ether oxygens (including phenoxy) is 1. The maximum Gasteiger partial charge on any atom is 0.263 e. The quantitative estimate of drug-likeness (QED) is 0.911. The minimum atomic E-state index is -0.315. The molecule has 0 atom stereocenters. The van der Waals surface area contributed by atoms with Crippen LogP contribution in [0.4, 0.5) is 5.69 Å². The van der Waals surface area contributed by atoms with E-state index in [0.717, 1.165) is 17.1 Å². The fourth-order valence-electron chi connectivity index (χ4n) is 2.81. The molecule has 2 aromatic rings. The van der Waals surface area contributed by atoms with Gasteiger partial charge >= 0.3 is 0 Å². The van der Waals surface area contributed by atoms with Crippen LogP contribution in [0.1, 0.15) is 15.9 Å². The number of carbonyl (C=O) groups excluding carboxylic acids is 1. The minimum Gasteiger partial charge on any atom is -0.480 e. The lowest BCUT2D eigenvalue weighted by atomic mass is 10.1. The van der Waals surface area contributed by atoms with Gasteiger partial charge in [-0.25, -0.2) is 9.98 Å². The van der Waals surface area contributed by atoms with Gasteiger partial charge in [0.2, 0.25) is 11.8 Å². The van der Waals surface area contributed by atoms with E-state index in [1.54, 1.807) is 18.3 Å². The third-order valence-corrected chi connectivity index (χ3v) is 3.90. The Morgan fingerprint density at radius 3 is 3.00 bits per heavy atom. The van der Waals surface area contributed by atoms with Crippen molar-refractivity contribution in [3.63, 3.8) is 0 Å². The maximum absolute atomic E-state index is 12.6. The zero-order valence-corrected chi connectivity index (χ0v) is 13.1. The number of amides is 1. The van der Waals surface area contributed by atoms with Crippen molar-refractivity contribution in [3.05, 3.63) is 53.7 Å². The van der Waals surface area contributed by atoms with E-state index in [9.17, 15) is 4.79 Å². The van der Waals surface area contributed by atoms with Gasteiger partial charge in [0.15, 0.2) is 0 Å². The number of pyridine rings is 1. The first kappa shape index (κ1) is 14.4. The SMILES string of the molecule is COc1ncccc1C(=O)NC1=Nc2ccccc2C2=NCCN12. The van der Waals surface area contributed by atoms with Crippen molar-refractivity contribution in [1.29, 1.82) is 0 Å². The Hall–Kier alpha value is -3.22. The molecular formula is C17H15N5O2. The average Bonchev–Trinajstić information content (AvgIpc) is 3.12. The second kappa shape index (κ2) is 5.77. The fraction of sp³-hybridized carbons (Fsp3) is 0.176. The number of fused-ring (bicyclic) bond motifs is 3. The molecule has 24 heavy (non-hydrogen) atoms. The van der Waals surface area contributed by atoms with Gasteiger partial charge in [-0.3, -0.25) is 20.0 Å². The van der Waals surface area contributed by atoms with Crippen LogP contribution in [-0.2, 0) is 0 Å². The topological polar surface area (TPSA) is 79.2 Å². The molecule has 0 saturated carbocycles. The van der Waals surface area contributed by atoms with Crippen molar-refractivity contribution in [2.75, 3.05) is 20.2 Å². The first-order valence-corrected chi connectivity index (χ1v) is 7.58. The first-order valence-electron chi connectivity index (χ1n) is 7.58. The lowest BCUT2D eigenvalue weighted by Gasteiger charge is -2.27. The molecule has 1 amide bonds. The zero-order valence-electron chi connectivity index (χ0n) is 13.1. The Morgan fingerprint density at radius 1 is 1.25 bits per heavy atom. The van der Waals surface area contributed by atoms with Crippen molar-refractivity contribution < 1.29 is 9.53 Å². The summed E-state index contributed by atoms with van der Waals surface area (Å²) in [6, 6.07) is 11.1. The molecule has 1 aromatic carbocycles. The minimum absolute atomic E-state index is 0.280. The van der Waals surface area contributed by atoms with Crippen molar-refractivity contribution in [2.24, 2.45) is 9.98 Å². The molecule has 0 saturated heterocycles. The first-order chi connectivity index (χ1) is 11.8. The molecule has 0 aliphatic carbocycles. The summed E-state index contributed by atoms with van der Waals surface area (Å²) in [5, 5.41) is 2.86. The van der Waals surface area contributed by atoms with Crippen LogP contribution in [0.15, 0.2) is 52.6 Å². The molecule has 0 spiro atoms. The van der Waals surface area contributed by atoms with E-state index < -0.39 is 0 Å². The monoisotopic (exact) mass is 321 g/mol. The highest BCUT2D eigenvalue weighted by atomic mass is 16.5. The standard InChI is InChI=1S/C17H15N5O2/c1-24-16-12(6-4-8-19-16)15(23)21-17-20-13-7-3-2-5-11(13)14-18-9-10-22(14)17/h2-8H,9-10H2,1H3,(H,20,21,23). The highest BCUT2D eigenvalue weighted by Gasteiger charge is 2.30. The van der Waals surface area contributed by atoms with Gasteiger partial charge in [0.05, 0.1) is 19.3 Å². The van der Waals surface area contributed by atoms with Gasteiger partial charge in [-0.15, -0.1) is 0 Å². The number of carbonyl (C=O) groups is 1. The molecule has 1 aromatic heterocycles. The van der Waals surface area contributed by atoms with E-state index in [1.165, 1.54) is 7.11 Å². The number of hydrogen-bond acceptors (Lipinski definition) is 6. The number of rotatable bonds is 2. The van der Waals surface area contributed by atoms with Crippen LogP contribution in [0, 0.1) is 0 Å². The number of nitrogens with one attached hydrogen (secondary N) is 1. The van der Waals surface area contributed by atoms with Crippen LogP contribution < -0.4 is 10.1 Å². The maximum atomic E-state index is 12.6. The van der Waals surface area contributed by atoms with Crippen LogP contribution >= 0.6 is 0 Å². The van der Waals surface area contributed by atoms with Crippen LogP contribution in [0.2, 0.25) is 0 Å². The lowest BCUT2D eigenvalue weighted by molar-refractivity contribution is 0.0970. The summed E-state index contributed by atoms with van der Waals surface area (Å²) in [7, 11) is 1.48. The Morgan fingerprint density at radius 2 is 2.12 bits per heavy atom. The Balaban J connectivity index is 1.69. The molecule has 0 radical (unpaired) electrons. The van der Waals surface area contributed by atoms with Crippen molar-refractivity contribution in [2.45, 2.75) is 0 Å². The van der Waals surface area contributed by atoms with Gasteiger partial charge < -0.3 is 4.74 Å². The molecule has 3 heterocycles. The number of para-hydroxylation sites is 1. The third kappa shape index (κ3) is 2.30. The number of benzene rings is 1. The summed E-state index contributed by atoms with van der Waals surface area (Å²) in [6.07, 6.45) is 1.58. The van der Waals surface area contributed by atoms with E-state index in [0.29, 0.717) is 24.6 Å². The Labute approximate surface area is 138 Å². The fourth-order valence-corrected chi connectivity index (χ4v) is 2.81. The summed E-state index contributed by atoms with van der Waals surface area (Å²) in [5.74, 6) is 1.28. The predicted octanol–water partition coefficient (Wildman–Crippen LogP) is 1.58. The molecule has 7 nitrogen and oxygen atoms in total. The molecule has 7 heteroatoms. The molecule has 2 aliphatic rings. The highest BCUT2D eigenvalue weighted by molar-refractivity contribution is 6.19. The van der Waals surface area contributed by atoms with Gasteiger partial charge in [0.25, 0.3) is 5.91 Å². The van der Waals surface area contributed by atoms with Crippen LogP contribution in [0.25, 0.3) is 0 Å². The summed E-state index contributed by atoms with van der Waals surface area (Å²) in [5.41, 5.74) is 2.13. The number of amidine groups is 1. The Kier molecular flexibility index (Phi) is 3.45. The molecule has 0 unspecified atom stereocenters. The van der Waals surface area contributed by atoms with Crippen molar-refractivity contribution >= 4 is 23.4 Å². The van der Waals surface area contributed by atoms with Gasteiger partial charge in [0.1, 0.15) is 11.4 Å². The molecule has 4 rings (SSSR count). The van der Waals surface area contributed by atoms with Gasteiger partial charge in [-0.05, 0) is 24.3 Å². The molecule has 1 N–H and O–H groups in total. The molecule has 0 fully saturated rings. The largest absolute Gasteiger partial charge is 0.480 e. The molecule has 2 aliphatic heterocycles. The Bertz CT molecular complexity index is 875. The van der Waals surface area contributed by atoms with Crippen LogP contribution in [-0.4, -0.2) is 47.8 Å². The zero-order chi connectivity index (χ0) is 16.5. The van der Waals surface area contributed by atoms with Gasteiger partial charge in [-0.1, -0.05) is 12.1 Å². The smallest absolute Gasteiger partial charge is 0.263 e. The normalized spacial score (nSPS) is 15.1. The number of aromatic nitrogens is 1. The number of guanidine groups is 1. The number of methoxy groups -OCH3 is 1. The number of aliphatic imine (C=N–C) groups is 2. The summed E-state index contributed by atoms with van der Waals surface area (Å²) < 4.78 is 5.15. The van der Waals surface area contributed by atoms with Crippen molar-refractivity contribution in [3.8, 4) is 5.88 Å². The molecule has 120 valence electrons. The second-order valence-corrected chi connectivity index (χ2v) is 5.32. The van der Waals surface area contributed by atoms with E-state index in [4.69, 9.17) is 4.74 Å². The number of nitrogens with zero attached hydrogens (tertiary/aromatic N) is 4. The van der Waals surface area contributed by atoms with Gasteiger partial charge in [0, 0.05) is 18.3 Å². The predicted molar refractivity (Wildman–Crippen MR) is 89.9 cm³/mol. The van der Waals surface area contributed by atoms with Crippen LogP contribution in [0.3, 0.4) is 0 Å². The summed E-state index contributed by atoms with van der Waals surface area (Å²) >= 11 is 0. The van der Waals surface area contributed by atoms with E-state index in [1.807, 2.05) is 29.2 Å². The summed E-state index contributed by atoms with van der Waals surface area (Å²) in [6.45, 7) is 1.36. The second-order valence-electron chi connectivity index (χ2n) is 5.32. The van der Waals surface area contributed by atoms with Gasteiger partial charge in [-0.2, -0.15) is 0 Å².